The summed E-state index contributed by atoms with van der Waals surface area (Å²) < 4.78 is 5.41. The first-order valence-corrected chi connectivity index (χ1v) is 11.8. The van der Waals surface area contributed by atoms with Crippen molar-refractivity contribution in [2.24, 2.45) is 10.9 Å². The molecule has 9 heteroatoms. The highest BCUT2D eigenvalue weighted by Crippen LogP contribution is 2.18. The molecule has 0 spiro atoms. The number of carbonyl (C=O) groups is 1. The van der Waals surface area contributed by atoms with Crippen LogP contribution in [0.15, 0.2) is 23.3 Å². The summed E-state index contributed by atoms with van der Waals surface area (Å²) in [7, 11) is 0. The van der Waals surface area contributed by atoms with Gasteiger partial charge in [-0.25, -0.2) is 9.78 Å². The SMILES string of the molecule is CCNC(=NCC(NC(=O)OC(C)(C)C)C(C)C)NC1CCN(c2ccc(C)cn2)CC1.I. The normalized spacial score (nSPS) is 16.1. The Balaban J connectivity index is 0.00000544. The van der Waals surface area contributed by atoms with E-state index in [0.717, 1.165) is 44.3 Å². The minimum Gasteiger partial charge on any atom is -0.444 e. The maximum absolute atomic E-state index is 12.2. The van der Waals surface area contributed by atoms with Crippen molar-refractivity contribution in [2.75, 3.05) is 31.1 Å². The summed E-state index contributed by atoms with van der Waals surface area (Å²) in [5, 5.41) is 9.87. The summed E-state index contributed by atoms with van der Waals surface area (Å²) in [6, 6.07) is 4.46. The van der Waals surface area contributed by atoms with E-state index in [1.165, 1.54) is 5.56 Å². The van der Waals surface area contributed by atoms with Gasteiger partial charge >= 0.3 is 6.09 Å². The summed E-state index contributed by atoms with van der Waals surface area (Å²) >= 11 is 0. The lowest BCUT2D eigenvalue weighted by molar-refractivity contribution is 0.0493. The number of alkyl carbamates (subject to hydrolysis) is 1. The summed E-state index contributed by atoms with van der Waals surface area (Å²) in [5.74, 6) is 2.07. The number of aromatic nitrogens is 1. The number of pyridine rings is 1. The zero-order chi connectivity index (χ0) is 23.7. The Labute approximate surface area is 216 Å². The van der Waals surface area contributed by atoms with E-state index in [4.69, 9.17) is 9.73 Å². The number of amides is 1. The van der Waals surface area contributed by atoms with Crippen LogP contribution in [-0.2, 0) is 4.74 Å². The minimum atomic E-state index is -0.520. The Morgan fingerprint density at radius 3 is 2.45 bits per heavy atom. The number of nitrogens with zero attached hydrogens (tertiary/aromatic N) is 3. The van der Waals surface area contributed by atoms with Crippen LogP contribution in [0.1, 0.15) is 59.9 Å². The number of guanidine groups is 1. The van der Waals surface area contributed by atoms with Crippen LogP contribution in [0.5, 0.6) is 0 Å². The minimum absolute atomic E-state index is 0. The average Bonchev–Trinajstić information content (AvgIpc) is 2.71. The van der Waals surface area contributed by atoms with Crippen molar-refractivity contribution in [3.8, 4) is 0 Å². The van der Waals surface area contributed by atoms with Gasteiger partial charge in [0.25, 0.3) is 0 Å². The van der Waals surface area contributed by atoms with Crippen molar-refractivity contribution in [1.29, 1.82) is 0 Å². The molecule has 1 unspecified atom stereocenters. The molecule has 2 rings (SSSR count). The van der Waals surface area contributed by atoms with Crippen LogP contribution in [0.3, 0.4) is 0 Å². The first-order valence-electron chi connectivity index (χ1n) is 11.8. The number of aliphatic imine (C=N–C) groups is 1. The Bertz CT molecular complexity index is 740. The molecule has 2 heterocycles. The third-order valence-electron chi connectivity index (χ3n) is 5.35. The van der Waals surface area contributed by atoms with Gasteiger partial charge in [0.05, 0.1) is 12.6 Å². The molecule has 1 amide bonds. The fraction of sp³-hybridized carbons (Fsp3) is 0.708. The number of rotatable bonds is 7. The van der Waals surface area contributed by atoms with Crippen LogP contribution in [0.2, 0.25) is 0 Å². The fourth-order valence-corrected chi connectivity index (χ4v) is 3.49. The number of piperidine rings is 1. The van der Waals surface area contributed by atoms with Crippen LogP contribution in [0, 0.1) is 12.8 Å². The summed E-state index contributed by atoms with van der Waals surface area (Å²) in [4.78, 5) is 23.9. The van der Waals surface area contributed by atoms with Crippen LogP contribution in [0.25, 0.3) is 0 Å². The number of hydrogen-bond donors (Lipinski definition) is 3. The van der Waals surface area contributed by atoms with Gasteiger partial charge in [-0.1, -0.05) is 19.9 Å². The Morgan fingerprint density at radius 1 is 1.27 bits per heavy atom. The van der Waals surface area contributed by atoms with Crippen molar-refractivity contribution >= 4 is 41.8 Å². The van der Waals surface area contributed by atoms with Gasteiger partial charge < -0.3 is 25.6 Å². The molecule has 0 bridgehead atoms. The summed E-state index contributed by atoms with van der Waals surface area (Å²) in [6.07, 6.45) is 3.56. The van der Waals surface area contributed by atoms with Crippen molar-refractivity contribution in [1.82, 2.24) is 20.9 Å². The molecule has 1 aromatic rings. The van der Waals surface area contributed by atoms with Crippen LogP contribution < -0.4 is 20.9 Å². The topological polar surface area (TPSA) is 90.9 Å². The monoisotopic (exact) mass is 574 g/mol. The van der Waals surface area contributed by atoms with Gasteiger partial charge in [0.15, 0.2) is 5.96 Å². The quantitative estimate of drug-likeness (QED) is 0.258. The number of halogens is 1. The van der Waals surface area contributed by atoms with Gasteiger partial charge in [0.1, 0.15) is 11.4 Å². The molecule has 0 saturated carbocycles. The number of aryl methyl sites for hydroxylation is 1. The van der Waals surface area contributed by atoms with Crippen molar-refractivity contribution < 1.29 is 9.53 Å². The Morgan fingerprint density at radius 2 is 1.94 bits per heavy atom. The Kier molecular flexibility index (Phi) is 12.2. The molecule has 8 nitrogen and oxygen atoms in total. The first kappa shape index (κ1) is 29.3. The third-order valence-corrected chi connectivity index (χ3v) is 5.35. The average molecular weight is 575 g/mol. The molecule has 1 fully saturated rings. The van der Waals surface area contributed by atoms with Crippen LogP contribution in [-0.4, -0.2) is 60.9 Å². The van der Waals surface area contributed by atoms with Crippen molar-refractivity contribution in [3.63, 3.8) is 0 Å². The second kappa shape index (κ2) is 13.8. The fourth-order valence-electron chi connectivity index (χ4n) is 3.49. The van der Waals surface area contributed by atoms with Gasteiger partial charge in [-0.05, 0) is 65.0 Å². The highest BCUT2D eigenvalue weighted by atomic mass is 127. The largest absolute Gasteiger partial charge is 0.444 e. The Hall–Kier alpha value is -1.78. The van der Waals surface area contributed by atoms with E-state index in [9.17, 15) is 4.79 Å². The lowest BCUT2D eigenvalue weighted by Crippen LogP contribution is -2.49. The van der Waals surface area contributed by atoms with E-state index in [1.54, 1.807) is 0 Å². The molecule has 3 N–H and O–H groups in total. The lowest BCUT2D eigenvalue weighted by atomic mass is 10.0. The van der Waals surface area contributed by atoms with E-state index in [-0.39, 0.29) is 35.9 Å². The van der Waals surface area contributed by atoms with Crippen LogP contribution >= 0.6 is 24.0 Å². The molecule has 188 valence electrons. The van der Waals surface area contributed by atoms with Gasteiger partial charge in [-0.15, -0.1) is 24.0 Å². The predicted molar refractivity (Wildman–Crippen MR) is 147 cm³/mol. The third kappa shape index (κ3) is 10.8. The maximum Gasteiger partial charge on any atom is 0.407 e. The van der Waals surface area contributed by atoms with Crippen LogP contribution in [0.4, 0.5) is 10.6 Å². The second-order valence-electron chi connectivity index (χ2n) is 9.82. The van der Waals surface area contributed by atoms with E-state index in [1.807, 2.05) is 27.0 Å². The molecular weight excluding hydrogens is 531 g/mol. The zero-order valence-electron chi connectivity index (χ0n) is 21.3. The number of nitrogens with one attached hydrogen (secondary N) is 3. The molecule has 1 aliphatic rings. The molecule has 1 atom stereocenters. The standard InChI is InChI=1S/C24H42N6O2.HI/c1-8-25-22(27-16-20(17(2)3)29-23(31)32-24(5,6)7)28-19-11-13-30(14-12-19)21-10-9-18(4)15-26-21;/h9-10,15,17,19-20H,8,11-14,16H2,1-7H3,(H,29,31)(H2,25,27,28);1H. The van der Waals surface area contributed by atoms with E-state index in [0.29, 0.717) is 12.6 Å². The van der Waals surface area contributed by atoms with Crippen molar-refractivity contribution in [2.45, 2.75) is 79.0 Å². The number of ether oxygens (including phenoxy) is 1. The van der Waals surface area contributed by atoms with Crippen molar-refractivity contribution in [3.05, 3.63) is 23.9 Å². The smallest absolute Gasteiger partial charge is 0.407 e. The van der Waals surface area contributed by atoms with E-state index in [2.05, 4.69) is 65.7 Å². The maximum atomic E-state index is 12.2. The summed E-state index contributed by atoms with van der Waals surface area (Å²) in [5.41, 5.74) is 0.659. The van der Waals surface area contributed by atoms with E-state index >= 15 is 0 Å². The predicted octanol–water partition coefficient (Wildman–Crippen LogP) is 4.08. The number of hydrogen-bond acceptors (Lipinski definition) is 5. The zero-order valence-corrected chi connectivity index (χ0v) is 23.6. The number of anilines is 1. The highest BCUT2D eigenvalue weighted by molar-refractivity contribution is 14.0. The first-order chi connectivity index (χ1) is 15.1. The molecule has 0 radical (unpaired) electrons. The molecule has 0 aromatic carbocycles. The van der Waals surface area contributed by atoms with Gasteiger partial charge in [-0.3, -0.25) is 4.99 Å². The van der Waals surface area contributed by atoms with E-state index < -0.39 is 11.7 Å². The lowest BCUT2D eigenvalue weighted by Gasteiger charge is -2.34. The molecule has 1 aromatic heterocycles. The molecule has 0 aliphatic carbocycles. The number of carbonyl (C=O) groups excluding carboxylic acids is 1. The molecular formula is C24H43IN6O2. The van der Waals surface area contributed by atoms with Gasteiger partial charge in [0.2, 0.25) is 0 Å². The van der Waals surface area contributed by atoms with Gasteiger partial charge in [0, 0.05) is 31.9 Å². The molecule has 1 saturated heterocycles. The molecule has 1 aliphatic heterocycles. The van der Waals surface area contributed by atoms with Gasteiger partial charge in [-0.2, -0.15) is 0 Å². The highest BCUT2D eigenvalue weighted by Gasteiger charge is 2.23. The summed E-state index contributed by atoms with van der Waals surface area (Å²) in [6.45, 7) is 17.0. The second-order valence-corrected chi connectivity index (χ2v) is 9.82. The molecule has 33 heavy (non-hydrogen) atoms.